The van der Waals surface area contributed by atoms with Crippen LogP contribution in [0.5, 0.6) is 0 Å². The third kappa shape index (κ3) is 8.77. The first kappa shape index (κ1) is 18.7. The van der Waals surface area contributed by atoms with E-state index < -0.39 is 17.7 Å². The van der Waals surface area contributed by atoms with E-state index in [4.69, 9.17) is 4.74 Å². The van der Waals surface area contributed by atoms with Crippen LogP contribution in [0.4, 0.5) is 4.79 Å². The topological polar surface area (TPSA) is 67.4 Å². The summed E-state index contributed by atoms with van der Waals surface area (Å²) in [5.74, 6) is 0.381. The van der Waals surface area contributed by atoms with E-state index >= 15 is 0 Å². The number of rotatable bonds is 6. The van der Waals surface area contributed by atoms with Crippen molar-refractivity contribution >= 4 is 12.0 Å². The van der Waals surface area contributed by atoms with E-state index in [0.29, 0.717) is 5.92 Å². The maximum Gasteiger partial charge on any atom is 0.408 e. The van der Waals surface area contributed by atoms with Gasteiger partial charge in [0, 0.05) is 6.04 Å². The van der Waals surface area contributed by atoms with Crippen molar-refractivity contribution in [3.05, 3.63) is 0 Å². The molecule has 0 saturated heterocycles. The summed E-state index contributed by atoms with van der Waals surface area (Å²) >= 11 is 0. The van der Waals surface area contributed by atoms with Gasteiger partial charge in [0.25, 0.3) is 0 Å². The van der Waals surface area contributed by atoms with E-state index in [0.717, 1.165) is 12.8 Å². The lowest BCUT2D eigenvalue weighted by atomic mass is 10.0. The molecule has 0 aromatic carbocycles. The van der Waals surface area contributed by atoms with Crippen LogP contribution >= 0.6 is 0 Å². The second-order valence-corrected chi connectivity index (χ2v) is 6.53. The summed E-state index contributed by atoms with van der Waals surface area (Å²) in [5.41, 5.74) is -0.565. The molecule has 0 rings (SSSR count). The third-order valence-electron chi connectivity index (χ3n) is 2.97. The van der Waals surface area contributed by atoms with Crippen LogP contribution in [0.1, 0.15) is 61.3 Å². The van der Waals surface area contributed by atoms with Gasteiger partial charge in [-0.1, -0.05) is 20.3 Å². The Kier molecular flexibility index (Phi) is 7.61. The monoisotopic (exact) mass is 286 g/mol. The predicted octanol–water partition coefficient (Wildman–Crippen LogP) is 2.84. The molecule has 5 nitrogen and oxygen atoms in total. The fourth-order valence-electron chi connectivity index (χ4n) is 1.75. The quantitative estimate of drug-likeness (QED) is 0.789. The minimum atomic E-state index is -0.607. The number of amides is 2. The van der Waals surface area contributed by atoms with Gasteiger partial charge in [0.1, 0.15) is 11.6 Å². The number of alkyl carbamates (subject to hydrolysis) is 1. The Bertz CT molecular complexity index is 324. The minimum absolute atomic E-state index is 0.0975. The fourth-order valence-corrected chi connectivity index (χ4v) is 1.75. The first-order chi connectivity index (χ1) is 9.05. The van der Waals surface area contributed by atoms with Gasteiger partial charge in [0.2, 0.25) is 5.91 Å². The molecule has 2 N–H and O–H groups in total. The number of hydrogen-bond acceptors (Lipinski definition) is 3. The zero-order valence-electron chi connectivity index (χ0n) is 13.9. The highest BCUT2D eigenvalue weighted by Gasteiger charge is 2.22. The van der Waals surface area contributed by atoms with Gasteiger partial charge in [-0.25, -0.2) is 4.79 Å². The van der Waals surface area contributed by atoms with Gasteiger partial charge in [-0.2, -0.15) is 0 Å². The van der Waals surface area contributed by atoms with Crippen LogP contribution < -0.4 is 10.6 Å². The number of nitrogens with one attached hydrogen (secondary N) is 2. The molecule has 0 heterocycles. The molecule has 0 spiro atoms. The van der Waals surface area contributed by atoms with Gasteiger partial charge in [-0.15, -0.1) is 0 Å². The van der Waals surface area contributed by atoms with E-state index in [1.807, 2.05) is 6.92 Å². The molecule has 0 aliphatic rings. The van der Waals surface area contributed by atoms with Crippen molar-refractivity contribution in [3.63, 3.8) is 0 Å². The van der Waals surface area contributed by atoms with Crippen molar-refractivity contribution in [2.75, 3.05) is 0 Å². The maximum absolute atomic E-state index is 11.9. The molecule has 3 unspecified atom stereocenters. The summed E-state index contributed by atoms with van der Waals surface area (Å²) in [6.45, 7) is 13.3. The van der Waals surface area contributed by atoms with Crippen LogP contribution in [0.3, 0.4) is 0 Å². The van der Waals surface area contributed by atoms with Crippen molar-refractivity contribution < 1.29 is 14.3 Å². The molecule has 0 radical (unpaired) electrons. The molecule has 5 heteroatoms. The molecule has 20 heavy (non-hydrogen) atoms. The van der Waals surface area contributed by atoms with E-state index in [9.17, 15) is 9.59 Å². The summed E-state index contributed by atoms with van der Waals surface area (Å²) in [4.78, 5) is 23.5. The summed E-state index contributed by atoms with van der Waals surface area (Å²) in [5, 5.41) is 5.44. The van der Waals surface area contributed by atoms with E-state index in [1.165, 1.54) is 0 Å². The standard InChI is InChI=1S/C15H30N2O3/c1-8-10(2)9-11(3)16-13(18)12(4)17-14(19)20-15(5,6)7/h10-12H,8-9H2,1-7H3,(H,16,18)(H,17,19). The second-order valence-electron chi connectivity index (χ2n) is 6.53. The van der Waals surface area contributed by atoms with Gasteiger partial charge in [0.05, 0.1) is 0 Å². The molecular weight excluding hydrogens is 256 g/mol. The summed E-state index contributed by atoms with van der Waals surface area (Å²) in [6, 6.07) is -0.510. The number of ether oxygens (including phenoxy) is 1. The van der Waals surface area contributed by atoms with Crippen molar-refractivity contribution in [1.29, 1.82) is 0 Å². The molecule has 0 aromatic heterocycles. The highest BCUT2D eigenvalue weighted by atomic mass is 16.6. The van der Waals surface area contributed by atoms with Crippen LogP contribution in [-0.4, -0.2) is 29.7 Å². The summed E-state index contributed by atoms with van der Waals surface area (Å²) in [7, 11) is 0. The Morgan fingerprint density at radius 2 is 1.65 bits per heavy atom. The summed E-state index contributed by atoms with van der Waals surface area (Å²) < 4.78 is 5.12. The van der Waals surface area contributed by atoms with Crippen LogP contribution in [0.2, 0.25) is 0 Å². The number of carbonyl (C=O) groups excluding carboxylic acids is 2. The Labute approximate surface area is 122 Å². The Morgan fingerprint density at radius 1 is 1.10 bits per heavy atom. The minimum Gasteiger partial charge on any atom is -0.444 e. The van der Waals surface area contributed by atoms with Crippen molar-refractivity contribution in [3.8, 4) is 0 Å². The lowest BCUT2D eigenvalue weighted by Gasteiger charge is -2.23. The third-order valence-corrected chi connectivity index (χ3v) is 2.97. The van der Waals surface area contributed by atoms with E-state index in [-0.39, 0.29) is 11.9 Å². The molecule has 0 aromatic rings. The molecule has 2 amide bonds. The average molecular weight is 286 g/mol. The van der Waals surface area contributed by atoms with Gasteiger partial charge in [-0.05, 0) is 47.0 Å². The Morgan fingerprint density at radius 3 is 2.10 bits per heavy atom. The molecule has 118 valence electrons. The highest BCUT2D eigenvalue weighted by Crippen LogP contribution is 2.09. The normalized spacial score (nSPS) is 15.9. The lowest BCUT2D eigenvalue weighted by molar-refractivity contribution is -0.123. The molecule has 0 fully saturated rings. The van der Waals surface area contributed by atoms with Crippen LogP contribution in [0.25, 0.3) is 0 Å². The molecule has 0 saturated carbocycles. The largest absolute Gasteiger partial charge is 0.444 e. The highest BCUT2D eigenvalue weighted by molar-refractivity contribution is 5.85. The van der Waals surface area contributed by atoms with Crippen LogP contribution in [0.15, 0.2) is 0 Å². The molecule has 0 aliphatic carbocycles. The smallest absolute Gasteiger partial charge is 0.408 e. The maximum atomic E-state index is 11.9. The van der Waals surface area contributed by atoms with Crippen LogP contribution in [-0.2, 0) is 9.53 Å². The van der Waals surface area contributed by atoms with Crippen molar-refractivity contribution in [2.24, 2.45) is 5.92 Å². The average Bonchev–Trinajstić information content (AvgIpc) is 2.25. The SMILES string of the molecule is CCC(C)CC(C)NC(=O)C(C)NC(=O)OC(C)(C)C. The van der Waals surface area contributed by atoms with Crippen molar-refractivity contribution in [2.45, 2.75) is 79.0 Å². The summed E-state index contributed by atoms with van der Waals surface area (Å²) in [6.07, 6.45) is 1.45. The number of hydrogen-bond donors (Lipinski definition) is 2. The first-order valence-electron chi connectivity index (χ1n) is 7.35. The van der Waals surface area contributed by atoms with Crippen LogP contribution in [0, 0.1) is 5.92 Å². The second kappa shape index (κ2) is 8.12. The number of carbonyl (C=O) groups is 2. The molecule has 3 atom stereocenters. The zero-order valence-corrected chi connectivity index (χ0v) is 13.9. The van der Waals surface area contributed by atoms with Crippen molar-refractivity contribution in [1.82, 2.24) is 10.6 Å². The fraction of sp³-hybridized carbons (Fsp3) is 0.867. The van der Waals surface area contributed by atoms with Gasteiger partial charge >= 0.3 is 6.09 Å². The lowest BCUT2D eigenvalue weighted by Crippen LogP contribution is -2.48. The van der Waals surface area contributed by atoms with Gasteiger partial charge in [-0.3, -0.25) is 4.79 Å². The van der Waals surface area contributed by atoms with Gasteiger partial charge in [0.15, 0.2) is 0 Å². The zero-order chi connectivity index (χ0) is 15.9. The molecular formula is C15H30N2O3. The van der Waals surface area contributed by atoms with E-state index in [2.05, 4.69) is 24.5 Å². The molecule has 0 bridgehead atoms. The van der Waals surface area contributed by atoms with Gasteiger partial charge < -0.3 is 15.4 Å². The first-order valence-corrected chi connectivity index (χ1v) is 7.35. The Balaban J connectivity index is 4.18. The molecule has 0 aliphatic heterocycles. The Hall–Kier alpha value is -1.26. The predicted molar refractivity (Wildman–Crippen MR) is 80.5 cm³/mol. The van der Waals surface area contributed by atoms with E-state index in [1.54, 1.807) is 27.7 Å².